The molecule has 0 radical (unpaired) electrons. The van der Waals surface area contributed by atoms with Crippen molar-refractivity contribution in [2.75, 3.05) is 52.9 Å². The first kappa shape index (κ1) is 39.0. The van der Waals surface area contributed by atoms with E-state index in [-0.39, 0.29) is 18.8 Å². The lowest BCUT2D eigenvalue weighted by atomic mass is 10.3. The molecule has 50 heavy (non-hydrogen) atoms. The third kappa shape index (κ3) is 12.5. The highest BCUT2D eigenvalue weighted by Gasteiger charge is 2.31. The highest BCUT2D eigenvalue weighted by atomic mass is 31.2. The predicted octanol–water partition coefficient (Wildman–Crippen LogP) is 7.08. The van der Waals surface area contributed by atoms with Gasteiger partial charge in [0, 0.05) is 10.6 Å². The number of rotatable bonds is 7. The minimum atomic E-state index is -3.37. The molecular weight excluding hydrogens is 678 g/mol. The average molecular weight is 726 g/mol. The van der Waals surface area contributed by atoms with E-state index in [1.165, 1.54) is 0 Å². The van der Waals surface area contributed by atoms with Crippen LogP contribution in [0, 0.1) is 0 Å². The molecule has 0 amide bonds. The van der Waals surface area contributed by atoms with Gasteiger partial charge in [0.1, 0.15) is 32.5 Å². The van der Waals surface area contributed by atoms with Crippen LogP contribution in [0.3, 0.4) is 0 Å². The molecule has 5 rings (SSSR count). The van der Waals surface area contributed by atoms with E-state index in [0.29, 0.717) is 79.9 Å². The van der Waals surface area contributed by atoms with E-state index in [4.69, 9.17) is 37.5 Å². The molecule has 0 N–H and O–H groups in total. The van der Waals surface area contributed by atoms with Crippen molar-refractivity contribution in [3.63, 3.8) is 0 Å². The average Bonchev–Trinajstić information content (AvgIpc) is 3.11. The number of hydrogen-bond donors (Lipinski definition) is 0. The molecule has 0 fully saturated rings. The van der Waals surface area contributed by atoms with Crippen molar-refractivity contribution >= 4 is 31.3 Å². The lowest BCUT2D eigenvalue weighted by Crippen LogP contribution is -2.21. The molecule has 4 aromatic carbocycles. The Morgan fingerprint density at radius 3 is 1.50 bits per heavy atom. The fraction of sp³-hybridized carbons (Fsp3) is 0.368. The molecule has 268 valence electrons. The van der Waals surface area contributed by atoms with E-state index in [9.17, 15) is 9.13 Å². The monoisotopic (exact) mass is 725 g/mol. The van der Waals surface area contributed by atoms with Gasteiger partial charge in [-0.2, -0.15) is 0 Å². The Kier molecular flexibility index (Phi) is 16.2. The fourth-order valence-corrected chi connectivity index (χ4v) is 7.82. The number of hydrogen-bond acceptors (Lipinski definition) is 10. The van der Waals surface area contributed by atoms with Gasteiger partial charge in [-0.3, -0.25) is 4.57 Å². The maximum Gasteiger partial charge on any atom is 0.548 e. The van der Waals surface area contributed by atoms with Crippen LogP contribution in [0.15, 0.2) is 103 Å². The SMILES string of the molecule is CC(C)OP(=O)(c1ccccc1)c1ccc2c(c1)OCCOCCOc1ccccc1OCCOCCO2.CC(C)O[P+](=O)c1ccccc1. The molecule has 10 nitrogen and oxygen atoms in total. The molecule has 0 bridgehead atoms. The lowest BCUT2D eigenvalue weighted by Gasteiger charge is -2.23. The molecule has 2 unspecified atom stereocenters. The van der Waals surface area contributed by atoms with Crippen LogP contribution in [-0.2, 0) is 27.7 Å². The molecular formula is C38H47O10P2+. The summed E-state index contributed by atoms with van der Waals surface area (Å²) >= 11 is 0. The number of para-hydroxylation sites is 2. The number of benzene rings is 4. The van der Waals surface area contributed by atoms with E-state index < -0.39 is 15.4 Å². The van der Waals surface area contributed by atoms with Crippen molar-refractivity contribution in [3.05, 3.63) is 103 Å². The van der Waals surface area contributed by atoms with Crippen LogP contribution in [-0.4, -0.2) is 65.1 Å². The summed E-state index contributed by atoms with van der Waals surface area (Å²) < 4.78 is 71.8. The molecule has 1 aliphatic heterocycles. The Morgan fingerprint density at radius 1 is 0.540 bits per heavy atom. The lowest BCUT2D eigenvalue weighted by molar-refractivity contribution is 0.0640. The van der Waals surface area contributed by atoms with Crippen molar-refractivity contribution in [2.24, 2.45) is 0 Å². The number of ether oxygens (including phenoxy) is 6. The molecule has 1 aliphatic rings. The van der Waals surface area contributed by atoms with Gasteiger partial charge >= 0.3 is 8.03 Å². The van der Waals surface area contributed by atoms with E-state index in [1.54, 1.807) is 30.3 Å². The van der Waals surface area contributed by atoms with Gasteiger partial charge in [-0.05, 0) is 86.9 Å². The minimum Gasteiger partial charge on any atom is -0.487 e. The summed E-state index contributed by atoms with van der Waals surface area (Å²) in [5.74, 6) is 2.31. The summed E-state index contributed by atoms with van der Waals surface area (Å²) in [6.45, 7) is 10.3. The third-order valence-corrected chi connectivity index (χ3v) is 10.8. The summed E-state index contributed by atoms with van der Waals surface area (Å²) in [5, 5.41) is 1.90. The third-order valence-electron chi connectivity index (χ3n) is 6.79. The smallest absolute Gasteiger partial charge is 0.487 e. The van der Waals surface area contributed by atoms with E-state index >= 15 is 0 Å². The Hall–Kier alpha value is -3.75. The molecule has 2 atom stereocenters. The van der Waals surface area contributed by atoms with Crippen molar-refractivity contribution in [2.45, 2.75) is 39.9 Å². The second-order valence-corrected chi connectivity index (χ2v) is 15.1. The highest BCUT2D eigenvalue weighted by molar-refractivity contribution is 7.74. The summed E-state index contributed by atoms with van der Waals surface area (Å²) in [6.07, 6.45) is -0.231. The van der Waals surface area contributed by atoms with Crippen molar-refractivity contribution in [1.29, 1.82) is 0 Å². The van der Waals surface area contributed by atoms with Crippen LogP contribution in [0.5, 0.6) is 23.0 Å². The largest absolute Gasteiger partial charge is 0.548 e. The summed E-state index contributed by atoms with van der Waals surface area (Å²) in [7, 11) is -5.03. The van der Waals surface area contributed by atoms with Crippen LogP contribution in [0.25, 0.3) is 0 Å². The van der Waals surface area contributed by atoms with E-state index in [1.807, 2.05) is 100 Å². The zero-order valence-corrected chi connectivity index (χ0v) is 30.9. The van der Waals surface area contributed by atoms with E-state index in [2.05, 4.69) is 0 Å². The van der Waals surface area contributed by atoms with Gasteiger partial charge in [-0.1, -0.05) is 48.5 Å². The van der Waals surface area contributed by atoms with E-state index in [0.717, 1.165) is 5.30 Å². The van der Waals surface area contributed by atoms with Gasteiger partial charge in [0.15, 0.2) is 23.0 Å². The van der Waals surface area contributed by atoms with Crippen LogP contribution in [0.4, 0.5) is 0 Å². The minimum absolute atomic E-state index is 0.00816. The van der Waals surface area contributed by atoms with Crippen molar-refractivity contribution < 1.29 is 46.6 Å². The summed E-state index contributed by atoms with van der Waals surface area (Å²) in [6, 6.07) is 31.2. The topological polar surface area (TPSA) is 108 Å². The fourth-order valence-electron chi connectivity index (χ4n) is 4.64. The number of fused-ring (bicyclic) bond motifs is 2. The second-order valence-electron chi connectivity index (χ2n) is 11.5. The molecule has 0 spiro atoms. The second kappa shape index (κ2) is 20.8. The quantitative estimate of drug-likeness (QED) is 0.184. The van der Waals surface area contributed by atoms with Crippen LogP contribution in [0.2, 0.25) is 0 Å². The Labute approximate surface area is 296 Å². The maximum atomic E-state index is 14.2. The molecule has 0 saturated heterocycles. The summed E-state index contributed by atoms with van der Waals surface area (Å²) in [4.78, 5) is 0. The van der Waals surface area contributed by atoms with Crippen LogP contribution in [0.1, 0.15) is 27.7 Å². The molecule has 0 aromatic heterocycles. The van der Waals surface area contributed by atoms with Gasteiger partial charge in [-0.25, -0.2) is 0 Å². The molecule has 0 saturated carbocycles. The Balaban J connectivity index is 0.000000396. The van der Waals surface area contributed by atoms with Crippen molar-refractivity contribution in [3.8, 4) is 23.0 Å². The molecule has 12 heteroatoms. The first-order chi connectivity index (χ1) is 24.3. The first-order valence-corrected chi connectivity index (χ1v) is 19.5. The first-order valence-electron chi connectivity index (χ1n) is 16.7. The summed E-state index contributed by atoms with van der Waals surface area (Å²) in [5.41, 5.74) is 0. The van der Waals surface area contributed by atoms with Crippen molar-refractivity contribution in [1.82, 2.24) is 0 Å². The maximum absolute atomic E-state index is 14.2. The van der Waals surface area contributed by atoms with Crippen LogP contribution >= 0.6 is 15.4 Å². The normalized spacial score (nSPS) is 15.8. The molecule has 1 heterocycles. The van der Waals surface area contributed by atoms with Crippen LogP contribution < -0.4 is 34.9 Å². The zero-order chi connectivity index (χ0) is 35.6. The van der Waals surface area contributed by atoms with Gasteiger partial charge in [0.05, 0.1) is 32.5 Å². The predicted molar refractivity (Wildman–Crippen MR) is 196 cm³/mol. The van der Waals surface area contributed by atoms with Gasteiger partial charge in [0.2, 0.25) is 5.30 Å². The van der Waals surface area contributed by atoms with Gasteiger partial charge in [-0.15, -0.1) is 4.52 Å². The Morgan fingerprint density at radius 2 is 1.00 bits per heavy atom. The zero-order valence-electron chi connectivity index (χ0n) is 29.1. The van der Waals surface area contributed by atoms with Gasteiger partial charge < -0.3 is 32.9 Å². The molecule has 0 aliphatic carbocycles. The van der Waals surface area contributed by atoms with Gasteiger partial charge in [0.25, 0.3) is 7.37 Å². The Bertz CT molecular complexity index is 1630. The standard InChI is InChI=1S/C29H35O8P.C9H12O2P/c1-23(2)37-38(30,24-8-4-3-5-9-24)25-12-13-28-29(22-25)36-21-17-32-15-19-34-27-11-7-6-10-26(27)33-18-14-31-16-20-35-28;1-8(2)11-12(10)9-6-4-3-5-7-9/h3-13,22-23H,14-21H2,1-2H3;3-8H,1-2H3/q;+1. The highest BCUT2D eigenvalue weighted by Crippen LogP contribution is 2.47. The molecule has 4 aromatic rings.